The van der Waals surface area contributed by atoms with E-state index in [1.54, 1.807) is 4.68 Å². The molecular formula is C11H20N4O. The Labute approximate surface area is 96.2 Å². The molecule has 90 valence electrons. The zero-order valence-corrected chi connectivity index (χ0v) is 10.2. The second-order valence-electron chi connectivity index (χ2n) is 3.77. The lowest BCUT2D eigenvalue weighted by atomic mass is 10.2. The minimum atomic E-state index is 0.0537. The van der Waals surface area contributed by atoms with Gasteiger partial charge in [-0.1, -0.05) is 6.92 Å². The quantitative estimate of drug-likeness (QED) is 0.706. The summed E-state index contributed by atoms with van der Waals surface area (Å²) in [6.07, 6.45) is 4.06. The van der Waals surface area contributed by atoms with Crippen molar-refractivity contribution in [3.63, 3.8) is 0 Å². The minimum Gasteiger partial charge on any atom is -0.323 e. The fourth-order valence-electron chi connectivity index (χ4n) is 1.54. The molecule has 1 aromatic rings. The van der Waals surface area contributed by atoms with Crippen molar-refractivity contribution in [2.45, 2.75) is 26.2 Å². The third-order valence-corrected chi connectivity index (χ3v) is 2.34. The van der Waals surface area contributed by atoms with Crippen molar-refractivity contribution in [3.05, 3.63) is 11.9 Å². The van der Waals surface area contributed by atoms with E-state index < -0.39 is 0 Å². The summed E-state index contributed by atoms with van der Waals surface area (Å²) in [5.41, 5.74) is 1.77. The Morgan fingerprint density at radius 2 is 2.31 bits per heavy atom. The van der Waals surface area contributed by atoms with Crippen LogP contribution >= 0.6 is 0 Å². The van der Waals surface area contributed by atoms with Crippen LogP contribution < -0.4 is 10.6 Å². The van der Waals surface area contributed by atoms with Crippen LogP contribution in [0, 0.1) is 0 Å². The Bertz CT molecular complexity index is 346. The maximum absolute atomic E-state index is 11.6. The number of carbonyl (C=O) groups excluding carboxylic acids is 1. The zero-order chi connectivity index (χ0) is 12.0. The number of amides is 1. The molecule has 1 amide bonds. The lowest BCUT2D eigenvalue weighted by molar-refractivity contribution is -0.116. The number of nitrogens with one attached hydrogen (secondary N) is 2. The van der Waals surface area contributed by atoms with Gasteiger partial charge in [0.25, 0.3) is 0 Å². The summed E-state index contributed by atoms with van der Waals surface area (Å²) in [5.74, 6) is 0.0537. The Hall–Kier alpha value is -1.36. The molecule has 0 radical (unpaired) electrons. The molecule has 0 saturated carbocycles. The predicted molar refractivity (Wildman–Crippen MR) is 64.4 cm³/mol. The van der Waals surface area contributed by atoms with E-state index in [9.17, 15) is 4.79 Å². The van der Waals surface area contributed by atoms with Crippen molar-refractivity contribution in [1.29, 1.82) is 0 Å². The van der Waals surface area contributed by atoms with E-state index in [1.807, 2.05) is 27.2 Å². The molecule has 0 bridgehead atoms. The van der Waals surface area contributed by atoms with Gasteiger partial charge < -0.3 is 10.6 Å². The molecule has 5 heteroatoms. The first-order valence-corrected chi connectivity index (χ1v) is 5.64. The van der Waals surface area contributed by atoms with Crippen LogP contribution in [0.5, 0.6) is 0 Å². The van der Waals surface area contributed by atoms with Crippen LogP contribution in [0.3, 0.4) is 0 Å². The summed E-state index contributed by atoms with van der Waals surface area (Å²) in [4.78, 5) is 11.6. The summed E-state index contributed by atoms with van der Waals surface area (Å²) in [6.45, 7) is 2.89. The number of aryl methyl sites for hydroxylation is 2. The number of hydrogen-bond acceptors (Lipinski definition) is 3. The monoisotopic (exact) mass is 224 g/mol. The maximum Gasteiger partial charge on any atom is 0.224 e. The highest BCUT2D eigenvalue weighted by molar-refractivity contribution is 5.91. The first-order valence-electron chi connectivity index (χ1n) is 5.64. The largest absolute Gasteiger partial charge is 0.323 e. The number of aromatic nitrogens is 2. The van der Waals surface area contributed by atoms with Gasteiger partial charge in [-0.25, -0.2) is 0 Å². The van der Waals surface area contributed by atoms with Gasteiger partial charge >= 0.3 is 0 Å². The molecule has 0 saturated heterocycles. The molecule has 0 unspecified atom stereocenters. The molecule has 0 fully saturated rings. The highest BCUT2D eigenvalue weighted by atomic mass is 16.1. The van der Waals surface area contributed by atoms with Crippen molar-refractivity contribution in [1.82, 2.24) is 15.1 Å². The van der Waals surface area contributed by atoms with Gasteiger partial charge in [-0.15, -0.1) is 0 Å². The highest BCUT2D eigenvalue weighted by Gasteiger charge is 2.08. The third kappa shape index (κ3) is 3.66. The van der Waals surface area contributed by atoms with E-state index in [1.165, 1.54) is 0 Å². The molecule has 16 heavy (non-hydrogen) atoms. The van der Waals surface area contributed by atoms with Crippen LogP contribution in [0.4, 0.5) is 5.69 Å². The minimum absolute atomic E-state index is 0.0537. The molecule has 0 aliphatic heterocycles. The van der Waals surface area contributed by atoms with Crippen molar-refractivity contribution in [2.75, 3.05) is 18.9 Å². The smallest absolute Gasteiger partial charge is 0.224 e. The van der Waals surface area contributed by atoms with E-state index in [4.69, 9.17) is 0 Å². The van der Waals surface area contributed by atoms with Crippen LogP contribution in [-0.4, -0.2) is 29.3 Å². The fraction of sp³-hybridized carbons (Fsp3) is 0.636. The zero-order valence-electron chi connectivity index (χ0n) is 10.2. The van der Waals surface area contributed by atoms with Crippen molar-refractivity contribution >= 4 is 11.6 Å². The molecule has 0 aliphatic carbocycles. The van der Waals surface area contributed by atoms with Crippen molar-refractivity contribution in [3.8, 4) is 0 Å². The summed E-state index contributed by atoms with van der Waals surface area (Å²) in [6, 6.07) is 0. The van der Waals surface area contributed by atoms with E-state index in [0.717, 1.165) is 30.8 Å². The molecule has 0 aromatic carbocycles. The average molecular weight is 224 g/mol. The SMILES string of the molecule is CCc1nn(C)cc1NC(=O)CCCNC. The van der Waals surface area contributed by atoms with Crippen molar-refractivity contribution < 1.29 is 4.79 Å². The topological polar surface area (TPSA) is 59.0 Å². The molecule has 0 atom stereocenters. The highest BCUT2D eigenvalue weighted by Crippen LogP contribution is 2.13. The van der Waals surface area contributed by atoms with E-state index in [0.29, 0.717) is 6.42 Å². The van der Waals surface area contributed by atoms with Gasteiger partial charge in [-0.2, -0.15) is 5.10 Å². The standard InChI is InChI=1S/C11H20N4O/c1-4-9-10(8-15(3)14-9)13-11(16)6-5-7-12-2/h8,12H,4-7H2,1-3H3,(H,13,16). The molecule has 1 aromatic heterocycles. The Kier molecular flexibility index (Phi) is 4.98. The Balaban J connectivity index is 2.48. The Morgan fingerprint density at radius 1 is 1.56 bits per heavy atom. The van der Waals surface area contributed by atoms with Crippen LogP contribution in [0.15, 0.2) is 6.20 Å². The van der Waals surface area contributed by atoms with Gasteiger partial charge in [0.1, 0.15) is 0 Å². The second kappa shape index (κ2) is 6.27. The maximum atomic E-state index is 11.6. The first-order chi connectivity index (χ1) is 7.67. The number of rotatable bonds is 6. The average Bonchev–Trinajstić information content (AvgIpc) is 2.59. The number of carbonyl (C=O) groups is 1. The van der Waals surface area contributed by atoms with Crippen LogP contribution in [0.25, 0.3) is 0 Å². The van der Waals surface area contributed by atoms with E-state index in [2.05, 4.69) is 15.7 Å². The fourth-order valence-corrected chi connectivity index (χ4v) is 1.54. The van der Waals surface area contributed by atoms with Crippen LogP contribution in [-0.2, 0) is 18.3 Å². The lowest BCUT2D eigenvalue weighted by Gasteiger charge is -2.03. The summed E-state index contributed by atoms with van der Waals surface area (Å²) >= 11 is 0. The predicted octanol–water partition coefficient (Wildman–Crippen LogP) is 0.921. The number of hydrogen-bond donors (Lipinski definition) is 2. The second-order valence-corrected chi connectivity index (χ2v) is 3.77. The summed E-state index contributed by atoms with van der Waals surface area (Å²) in [7, 11) is 3.74. The van der Waals surface area contributed by atoms with Gasteiger partial charge in [-0.05, 0) is 26.4 Å². The first kappa shape index (κ1) is 12.7. The molecule has 1 rings (SSSR count). The molecule has 0 spiro atoms. The third-order valence-electron chi connectivity index (χ3n) is 2.34. The number of anilines is 1. The summed E-state index contributed by atoms with van der Waals surface area (Å²) in [5, 5.41) is 10.2. The van der Waals surface area contributed by atoms with E-state index in [-0.39, 0.29) is 5.91 Å². The Morgan fingerprint density at radius 3 is 2.94 bits per heavy atom. The van der Waals surface area contributed by atoms with Gasteiger partial charge in [0.2, 0.25) is 5.91 Å². The lowest BCUT2D eigenvalue weighted by Crippen LogP contribution is -2.15. The molecular weight excluding hydrogens is 204 g/mol. The van der Waals surface area contributed by atoms with Gasteiger partial charge in [0.15, 0.2) is 0 Å². The van der Waals surface area contributed by atoms with Crippen LogP contribution in [0.1, 0.15) is 25.5 Å². The molecule has 1 heterocycles. The van der Waals surface area contributed by atoms with Crippen LogP contribution in [0.2, 0.25) is 0 Å². The van der Waals surface area contributed by atoms with E-state index >= 15 is 0 Å². The molecule has 2 N–H and O–H groups in total. The molecule has 5 nitrogen and oxygen atoms in total. The van der Waals surface area contributed by atoms with Gasteiger partial charge in [-0.3, -0.25) is 9.48 Å². The normalized spacial score (nSPS) is 10.4. The van der Waals surface area contributed by atoms with Gasteiger partial charge in [0.05, 0.1) is 11.4 Å². The summed E-state index contributed by atoms with van der Waals surface area (Å²) < 4.78 is 1.72. The van der Waals surface area contributed by atoms with Gasteiger partial charge in [0, 0.05) is 19.7 Å². The molecule has 0 aliphatic rings. The van der Waals surface area contributed by atoms with Crippen molar-refractivity contribution in [2.24, 2.45) is 7.05 Å². The number of nitrogens with zero attached hydrogens (tertiary/aromatic N) is 2.